The molecule has 1 unspecified atom stereocenters. The molecular formula is C6H16O5Si. The molecule has 0 aliphatic heterocycles. The van der Waals surface area contributed by atoms with Crippen molar-refractivity contribution in [1.82, 2.24) is 0 Å². The van der Waals surface area contributed by atoms with Crippen molar-refractivity contribution in [2.75, 3.05) is 19.9 Å². The highest BCUT2D eigenvalue weighted by molar-refractivity contribution is 6.57. The van der Waals surface area contributed by atoms with Gasteiger partial charge in [0.1, 0.15) is 6.23 Å². The molecule has 5 nitrogen and oxygen atoms in total. The van der Waals surface area contributed by atoms with Gasteiger partial charge >= 0.3 is 8.80 Å². The number of hydrogen-bond donors (Lipinski definition) is 3. The highest BCUT2D eigenvalue weighted by atomic mass is 28.4. The lowest BCUT2D eigenvalue weighted by molar-refractivity contribution is 0.0293. The number of aliphatic hydroxyl groups excluding tert-OH is 1. The Labute approximate surface area is 72.9 Å². The monoisotopic (exact) mass is 196 g/mol. The van der Waals surface area contributed by atoms with E-state index in [-0.39, 0.29) is 12.8 Å². The zero-order valence-electron chi connectivity index (χ0n) is 7.36. The molecule has 0 spiro atoms. The highest BCUT2D eigenvalue weighted by Gasteiger charge is 2.31. The third-order valence-electron chi connectivity index (χ3n) is 1.40. The lowest BCUT2D eigenvalue weighted by atomic mass is 10.3. The van der Waals surface area contributed by atoms with Crippen molar-refractivity contribution in [2.45, 2.75) is 19.4 Å². The standard InChI is InChI=1S/C6H16O5Si/c1-3-6(7)4-11-5-12(8,9)10-2/h6-9H,3-5H2,1-2H3. The Bertz CT molecular complexity index is 119. The molecule has 3 N–H and O–H groups in total. The van der Waals surface area contributed by atoms with Gasteiger partial charge in [-0.15, -0.1) is 0 Å². The van der Waals surface area contributed by atoms with Crippen LogP contribution in [-0.4, -0.2) is 49.6 Å². The van der Waals surface area contributed by atoms with E-state index in [0.717, 1.165) is 0 Å². The van der Waals surface area contributed by atoms with Gasteiger partial charge in [0.2, 0.25) is 0 Å². The molecule has 12 heavy (non-hydrogen) atoms. The van der Waals surface area contributed by atoms with Crippen LogP contribution < -0.4 is 0 Å². The first-order valence-corrected chi connectivity index (χ1v) is 5.78. The van der Waals surface area contributed by atoms with Gasteiger partial charge in [-0.2, -0.15) is 0 Å². The number of hydrogen-bond acceptors (Lipinski definition) is 5. The highest BCUT2D eigenvalue weighted by Crippen LogP contribution is 1.96. The summed E-state index contributed by atoms with van der Waals surface area (Å²) >= 11 is 0. The van der Waals surface area contributed by atoms with E-state index >= 15 is 0 Å². The molecule has 0 aromatic heterocycles. The Morgan fingerprint density at radius 2 is 2.00 bits per heavy atom. The second kappa shape index (κ2) is 5.63. The van der Waals surface area contributed by atoms with Gasteiger partial charge in [0.15, 0.2) is 0 Å². The molecule has 6 heteroatoms. The van der Waals surface area contributed by atoms with Gasteiger partial charge in [0.25, 0.3) is 0 Å². The second-order valence-electron chi connectivity index (χ2n) is 2.52. The molecule has 0 heterocycles. The van der Waals surface area contributed by atoms with Gasteiger partial charge in [-0.3, -0.25) is 0 Å². The van der Waals surface area contributed by atoms with E-state index in [1.807, 2.05) is 6.92 Å². The summed E-state index contributed by atoms with van der Waals surface area (Å²) in [6.45, 7) is 1.92. The molecule has 0 aromatic carbocycles. The fraction of sp³-hybridized carbons (Fsp3) is 1.00. The summed E-state index contributed by atoms with van der Waals surface area (Å²) in [7, 11) is -2.38. The van der Waals surface area contributed by atoms with Gasteiger partial charge in [-0.25, -0.2) is 0 Å². The summed E-state index contributed by atoms with van der Waals surface area (Å²) in [5.74, 6) is 0. The van der Waals surface area contributed by atoms with Crippen molar-refractivity contribution in [1.29, 1.82) is 0 Å². The Morgan fingerprint density at radius 3 is 2.42 bits per heavy atom. The minimum absolute atomic E-state index is 0.107. The number of ether oxygens (including phenoxy) is 1. The third kappa shape index (κ3) is 5.64. The zero-order valence-corrected chi connectivity index (χ0v) is 8.36. The van der Waals surface area contributed by atoms with Crippen LogP contribution in [0.2, 0.25) is 0 Å². The van der Waals surface area contributed by atoms with Crippen molar-refractivity contribution in [3.63, 3.8) is 0 Å². The maximum absolute atomic E-state index is 9.01. The fourth-order valence-corrected chi connectivity index (χ4v) is 1.01. The summed E-state index contributed by atoms with van der Waals surface area (Å²) in [6.07, 6.45) is -0.203. The molecule has 0 aliphatic carbocycles. The molecule has 0 saturated heterocycles. The van der Waals surface area contributed by atoms with Crippen LogP contribution >= 0.6 is 0 Å². The SMILES string of the molecule is CCC(O)COC[Si](O)(O)OC. The maximum Gasteiger partial charge on any atom is 0.522 e. The van der Waals surface area contributed by atoms with Crippen LogP contribution in [0.15, 0.2) is 0 Å². The van der Waals surface area contributed by atoms with E-state index in [2.05, 4.69) is 4.43 Å². The Balaban J connectivity index is 3.42. The number of rotatable bonds is 6. The topological polar surface area (TPSA) is 79.2 Å². The van der Waals surface area contributed by atoms with Crippen molar-refractivity contribution >= 4 is 8.80 Å². The lowest BCUT2D eigenvalue weighted by Gasteiger charge is -2.15. The largest absolute Gasteiger partial charge is 0.522 e. The Morgan fingerprint density at radius 1 is 1.42 bits per heavy atom. The molecule has 74 valence electrons. The summed E-state index contributed by atoms with van der Waals surface area (Å²) in [5.41, 5.74) is 0. The van der Waals surface area contributed by atoms with Crippen molar-refractivity contribution < 1.29 is 23.9 Å². The Hall–Kier alpha value is 0.0169. The van der Waals surface area contributed by atoms with E-state index < -0.39 is 14.9 Å². The van der Waals surface area contributed by atoms with Gasteiger partial charge in [-0.1, -0.05) is 6.92 Å². The minimum atomic E-state index is -3.59. The average Bonchev–Trinajstić information content (AvgIpc) is 2.04. The minimum Gasteiger partial charge on any atom is -0.391 e. The van der Waals surface area contributed by atoms with Crippen LogP contribution in [0.5, 0.6) is 0 Å². The van der Waals surface area contributed by atoms with Crippen molar-refractivity contribution in [3.8, 4) is 0 Å². The fourth-order valence-electron chi connectivity index (χ4n) is 0.505. The normalized spacial score (nSPS) is 14.8. The first kappa shape index (κ1) is 12.0. The first-order valence-electron chi connectivity index (χ1n) is 3.77. The molecule has 0 saturated carbocycles. The van der Waals surface area contributed by atoms with Gasteiger partial charge in [0, 0.05) is 7.11 Å². The molecule has 0 amide bonds. The molecule has 0 rings (SSSR count). The van der Waals surface area contributed by atoms with Gasteiger partial charge in [0.05, 0.1) is 12.7 Å². The summed E-state index contributed by atoms with van der Waals surface area (Å²) in [4.78, 5) is 17.9. The molecule has 0 aliphatic rings. The molecule has 0 aromatic rings. The maximum atomic E-state index is 9.01. The Kier molecular flexibility index (Phi) is 5.63. The van der Waals surface area contributed by atoms with Crippen molar-refractivity contribution in [2.24, 2.45) is 0 Å². The predicted octanol–water partition coefficient (Wildman–Crippen LogP) is -1.12. The summed E-state index contributed by atoms with van der Waals surface area (Å²) in [5, 5.41) is 9.01. The molecule has 0 bridgehead atoms. The van der Waals surface area contributed by atoms with Crippen LogP contribution in [0.1, 0.15) is 13.3 Å². The quantitative estimate of drug-likeness (QED) is 0.469. The summed E-state index contributed by atoms with van der Waals surface area (Å²) < 4.78 is 9.23. The van der Waals surface area contributed by atoms with Crippen LogP contribution in [0.25, 0.3) is 0 Å². The first-order chi connectivity index (χ1) is 5.52. The van der Waals surface area contributed by atoms with E-state index in [1.54, 1.807) is 0 Å². The zero-order chi connectivity index (χ0) is 9.61. The van der Waals surface area contributed by atoms with E-state index in [1.165, 1.54) is 7.11 Å². The van der Waals surface area contributed by atoms with Crippen LogP contribution in [0.3, 0.4) is 0 Å². The van der Waals surface area contributed by atoms with Crippen LogP contribution in [0.4, 0.5) is 0 Å². The van der Waals surface area contributed by atoms with Gasteiger partial charge < -0.3 is 23.9 Å². The summed E-state index contributed by atoms with van der Waals surface area (Å²) in [6, 6.07) is 0. The number of aliphatic hydroxyl groups is 1. The molecular weight excluding hydrogens is 180 g/mol. The smallest absolute Gasteiger partial charge is 0.391 e. The molecule has 0 fully saturated rings. The average molecular weight is 196 g/mol. The van der Waals surface area contributed by atoms with Crippen molar-refractivity contribution in [3.05, 3.63) is 0 Å². The van der Waals surface area contributed by atoms with E-state index in [9.17, 15) is 0 Å². The second-order valence-corrected chi connectivity index (χ2v) is 4.71. The predicted molar refractivity (Wildman–Crippen MR) is 44.3 cm³/mol. The molecule has 0 radical (unpaired) electrons. The third-order valence-corrected chi connectivity index (χ3v) is 2.63. The van der Waals surface area contributed by atoms with E-state index in [4.69, 9.17) is 19.4 Å². The van der Waals surface area contributed by atoms with Crippen LogP contribution in [0, 0.1) is 0 Å². The van der Waals surface area contributed by atoms with E-state index in [0.29, 0.717) is 6.42 Å². The van der Waals surface area contributed by atoms with Gasteiger partial charge in [-0.05, 0) is 6.42 Å². The molecule has 1 atom stereocenters. The van der Waals surface area contributed by atoms with Crippen LogP contribution in [-0.2, 0) is 9.16 Å². The lowest BCUT2D eigenvalue weighted by Crippen LogP contribution is -2.44.